The average molecular weight is 333 g/mol. The third-order valence-corrected chi connectivity index (χ3v) is 6.26. The second kappa shape index (κ2) is 5.76. The molecule has 2 fully saturated rings. The van der Waals surface area contributed by atoms with Crippen molar-refractivity contribution in [1.29, 1.82) is 0 Å². The summed E-state index contributed by atoms with van der Waals surface area (Å²) in [4.78, 5) is 22.0. The van der Waals surface area contributed by atoms with Crippen LogP contribution in [0.4, 0.5) is 0 Å². The third-order valence-electron chi connectivity index (χ3n) is 4.69. The molecule has 4 heterocycles. The number of thiophene rings is 1. The van der Waals surface area contributed by atoms with E-state index in [4.69, 9.17) is 0 Å². The standard InChI is InChI=1S/C16H19N3OS2/c1-11-7-18-5-2-3-13(18)8-19(11)16(20)14-10-22-15(17-14)12-4-6-21-9-12/h4,6,9-11,13H,2-3,5,7-8H2,1H3/t11-,13+/m1/s1. The average Bonchev–Trinajstić information content (AvgIpc) is 3.25. The van der Waals surface area contributed by atoms with Crippen LogP contribution in [0.3, 0.4) is 0 Å². The van der Waals surface area contributed by atoms with Gasteiger partial charge in [0.25, 0.3) is 5.91 Å². The highest BCUT2D eigenvalue weighted by atomic mass is 32.1. The van der Waals surface area contributed by atoms with Crippen LogP contribution >= 0.6 is 22.7 Å². The fourth-order valence-corrected chi connectivity index (χ4v) is 5.01. The Morgan fingerprint density at radius 2 is 2.27 bits per heavy atom. The van der Waals surface area contributed by atoms with Gasteiger partial charge in [0.15, 0.2) is 0 Å². The van der Waals surface area contributed by atoms with Crippen LogP contribution in [-0.4, -0.2) is 52.4 Å². The quantitative estimate of drug-likeness (QED) is 0.847. The van der Waals surface area contributed by atoms with Crippen molar-refractivity contribution >= 4 is 28.6 Å². The number of rotatable bonds is 2. The van der Waals surface area contributed by atoms with Gasteiger partial charge in [-0.25, -0.2) is 4.98 Å². The first-order valence-electron chi connectivity index (χ1n) is 7.75. The lowest BCUT2D eigenvalue weighted by Gasteiger charge is -2.42. The number of carbonyl (C=O) groups excluding carboxylic acids is 1. The summed E-state index contributed by atoms with van der Waals surface area (Å²) in [5.41, 5.74) is 1.72. The van der Waals surface area contributed by atoms with E-state index in [9.17, 15) is 4.79 Å². The smallest absolute Gasteiger partial charge is 0.273 e. The summed E-state index contributed by atoms with van der Waals surface area (Å²) < 4.78 is 0. The second-order valence-electron chi connectivity index (χ2n) is 6.15. The molecule has 0 bridgehead atoms. The SMILES string of the molecule is C[C@@H]1CN2CCC[C@H]2CN1C(=O)c1csc(-c2ccsc2)n1. The lowest BCUT2D eigenvalue weighted by molar-refractivity contribution is 0.0391. The molecule has 22 heavy (non-hydrogen) atoms. The molecule has 116 valence electrons. The van der Waals surface area contributed by atoms with Crippen molar-refractivity contribution in [3.8, 4) is 10.6 Å². The van der Waals surface area contributed by atoms with Gasteiger partial charge in [0.2, 0.25) is 0 Å². The summed E-state index contributed by atoms with van der Waals surface area (Å²) in [6.45, 7) is 5.19. The minimum Gasteiger partial charge on any atom is -0.332 e. The molecule has 0 saturated carbocycles. The van der Waals surface area contributed by atoms with E-state index in [0.717, 1.165) is 23.7 Å². The molecule has 4 nitrogen and oxygen atoms in total. The zero-order valence-corrected chi connectivity index (χ0v) is 14.2. The minimum atomic E-state index is 0.0942. The van der Waals surface area contributed by atoms with Gasteiger partial charge in [0.05, 0.1) is 0 Å². The molecule has 0 unspecified atom stereocenters. The Kier molecular flexibility index (Phi) is 3.76. The number of fused-ring (bicyclic) bond motifs is 1. The number of aromatic nitrogens is 1. The highest BCUT2D eigenvalue weighted by molar-refractivity contribution is 7.14. The van der Waals surface area contributed by atoms with Crippen molar-refractivity contribution < 1.29 is 4.79 Å². The number of thiazole rings is 1. The van der Waals surface area contributed by atoms with Gasteiger partial charge in [0, 0.05) is 41.5 Å². The summed E-state index contributed by atoms with van der Waals surface area (Å²) in [5.74, 6) is 0.0942. The Bertz CT molecular complexity index is 667. The van der Waals surface area contributed by atoms with Crippen molar-refractivity contribution in [2.75, 3.05) is 19.6 Å². The molecular weight excluding hydrogens is 314 g/mol. The van der Waals surface area contributed by atoms with Gasteiger partial charge in [-0.2, -0.15) is 11.3 Å². The molecule has 0 spiro atoms. The fourth-order valence-electron chi connectivity index (χ4n) is 3.51. The number of hydrogen-bond donors (Lipinski definition) is 0. The first kappa shape index (κ1) is 14.4. The number of piperazine rings is 1. The summed E-state index contributed by atoms with van der Waals surface area (Å²) in [7, 11) is 0. The molecule has 0 radical (unpaired) electrons. The van der Waals surface area contributed by atoms with Crippen molar-refractivity contribution in [2.24, 2.45) is 0 Å². The van der Waals surface area contributed by atoms with Crippen LogP contribution in [0, 0.1) is 0 Å². The van der Waals surface area contributed by atoms with E-state index in [1.54, 1.807) is 22.7 Å². The maximum absolute atomic E-state index is 12.8. The lowest BCUT2D eigenvalue weighted by atomic mass is 10.1. The van der Waals surface area contributed by atoms with Crippen molar-refractivity contribution in [1.82, 2.24) is 14.8 Å². The first-order valence-corrected chi connectivity index (χ1v) is 9.58. The van der Waals surface area contributed by atoms with Gasteiger partial charge in [0.1, 0.15) is 10.7 Å². The highest BCUT2D eigenvalue weighted by Crippen LogP contribution is 2.28. The zero-order chi connectivity index (χ0) is 15.1. The maximum Gasteiger partial charge on any atom is 0.273 e. The molecule has 2 aliphatic heterocycles. The van der Waals surface area contributed by atoms with E-state index < -0.39 is 0 Å². The van der Waals surface area contributed by atoms with Gasteiger partial charge in [-0.05, 0) is 37.8 Å². The molecule has 2 aromatic heterocycles. The van der Waals surface area contributed by atoms with E-state index in [1.807, 2.05) is 15.7 Å². The van der Waals surface area contributed by atoms with E-state index >= 15 is 0 Å². The van der Waals surface area contributed by atoms with Crippen LogP contribution in [0.1, 0.15) is 30.3 Å². The normalized spacial score (nSPS) is 25.4. The van der Waals surface area contributed by atoms with Gasteiger partial charge < -0.3 is 4.90 Å². The topological polar surface area (TPSA) is 36.4 Å². The predicted octanol–water partition coefficient (Wildman–Crippen LogP) is 3.18. The molecule has 2 aromatic rings. The minimum absolute atomic E-state index is 0.0942. The lowest BCUT2D eigenvalue weighted by Crippen LogP contribution is -2.56. The monoisotopic (exact) mass is 333 g/mol. The molecule has 2 atom stereocenters. The summed E-state index contributed by atoms with van der Waals surface area (Å²) >= 11 is 3.21. The molecule has 0 aliphatic carbocycles. The van der Waals surface area contributed by atoms with Crippen LogP contribution < -0.4 is 0 Å². The molecule has 0 N–H and O–H groups in total. The van der Waals surface area contributed by atoms with Gasteiger partial charge in [-0.3, -0.25) is 9.69 Å². The first-order chi connectivity index (χ1) is 10.7. The van der Waals surface area contributed by atoms with Crippen molar-refractivity contribution in [3.05, 3.63) is 27.9 Å². The maximum atomic E-state index is 12.8. The summed E-state index contributed by atoms with van der Waals surface area (Å²) in [5, 5.41) is 6.96. The van der Waals surface area contributed by atoms with Gasteiger partial charge >= 0.3 is 0 Å². The van der Waals surface area contributed by atoms with Crippen LogP contribution in [0.15, 0.2) is 22.2 Å². The number of carbonyl (C=O) groups is 1. The number of amides is 1. The summed E-state index contributed by atoms with van der Waals surface area (Å²) in [6, 6.07) is 2.88. The molecule has 1 amide bonds. The molecule has 2 aliphatic rings. The van der Waals surface area contributed by atoms with Crippen molar-refractivity contribution in [2.45, 2.75) is 31.8 Å². The molecule has 6 heteroatoms. The Balaban J connectivity index is 1.54. The van der Waals surface area contributed by atoms with Crippen LogP contribution in [-0.2, 0) is 0 Å². The second-order valence-corrected chi connectivity index (χ2v) is 7.79. The van der Waals surface area contributed by atoms with Gasteiger partial charge in [-0.15, -0.1) is 11.3 Å². The predicted molar refractivity (Wildman–Crippen MR) is 90.5 cm³/mol. The van der Waals surface area contributed by atoms with Crippen LogP contribution in [0.5, 0.6) is 0 Å². The highest BCUT2D eigenvalue weighted by Gasteiger charge is 2.37. The summed E-state index contributed by atoms with van der Waals surface area (Å²) in [6.07, 6.45) is 2.48. The Morgan fingerprint density at radius 3 is 3.09 bits per heavy atom. The fraction of sp³-hybridized carbons (Fsp3) is 0.500. The Hall–Kier alpha value is -1.24. The Morgan fingerprint density at radius 1 is 1.36 bits per heavy atom. The van der Waals surface area contributed by atoms with E-state index in [0.29, 0.717) is 11.7 Å². The molecule has 0 aromatic carbocycles. The van der Waals surface area contributed by atoms with Crippen molar-refractivity contribution in [3.63, 3.8) is 0 Å². The third kappa shape index (κ3) is 2.49. The van der Waals surface area contributed by atoms with Crippen LogP contribution in [0.25, 0.3) is 10.6 Å². The van der Waals surface area contributed by atoms with E-state index in [2.05, 4.69) is 28.3 Å². The molecule has 2 saturated heterocycles. The van der Waals surface area contributed by atoms with E-state index in [-0.39, 0.29) is 11.9 Å². The number of nitrogens with zero attached hydrogens (tertiary/aromatic N) is 3. The molecular formula is C16H19N3OS2. The largest absolute Gasteiger partial charge is 0.332 e. The zero-order valence-electron chi connectivity index (χ0n) is 12.6. The Labute approximate surface area is 138 Å². The van der Waals surface area contributed by atoms with Crippen LogP contribution in [0.2, 0.25) is 0 Å². The van der Waals surface area contributed by atoms with Gasteiger partial charge in [-0.1, -0.05) is 0 Å². The number of hydrogen-bond acceptors (Lipinski definition) is 5. The van der Waals surface area contributed by atoms with E-state index in [1.165, 1.54) is 19.4 Å². The molecule has 4 rings (SSSR count).